The highest BCUT2D eigenvalue weighted by molar-refractivity contribution is 6.10. The van der Waals surface area contributed by atoms with E-state index < -0.39 is 5.41 Å². The summed E-state index contributed by atoms with van der Waals surface area (Å²) in [6.07, 6.45) is 0. The molecule has 0 bridgehead atoms. The summed E-state index contributed by atoms with van der Waals surface area (Å²) in [7, 11) is 0. The minimum absolute atomic E-state index is 0.331. The summed E-state index contributed by atoms with van der Waals surface area (Å²) < 4.78 is 12.9. The number of benzene rings is 17. The molecule has 0 saturated carbocycles. The average molecular weight is 1350 g/mol. The molecule has 2 aliphatic carbocycles. The van der Waals surface area contributed by atoms with Gasteiger partial charge in [0.05, 0.1) is 5.41 Å². The number of furan rings is 2. The van der Waals surface area contributed by atoms with Crippen molar-refractivity contribution in [3.05, 3.63) is 409 Å². The Balaban J connectivity index is 0.640. The van der Waals surface area contributed by atoms with Gasteiger partial charge in [-0.2, -0.15) is 0 Å². The van der Waals surface area contributed by atoms with Gasteiger partial charge < -0.3 is 18.6 Å². The van der Waals surface area contributed by atoms with Crippen molar-refractivity contribution >= 4 is 99.5 Å². The second-order valence-corrected chi connectivity index (χ2v) is 29.0. The molecule has 4 nitrogen and oxygen atoms in total. The van der Waals surface area contributed by atoms with E-state index in [1.165, 1.54) is 105 Å². The van der Waals surface area contributed by atoms with Crippen LogP contribution in [-0.4, -0.2) is 0 Å². The van der Waals surface area contributed by atoms with E-state index in [1.54, 1.807) is 0 Å². The number of rotatable bonds is 12. The Morgan fingerprint density at radius 2 is 0.585 bits per heavy atom. The molecule has 21 rings (SSSR count). The van der Waals surface area contributed by atoms with E-state index in [2.05, 4.69) is 388 Å². The fraction of sp³-hybridized carbons (Fsp3) is 0.0392. The summed E-state index contributed by atoms with van der Waals surface area (Å²) in [4.78, 5) is 4.83. The highest BCUT2D eigenvalue weighted by Crippen LogP contribution is 2.58. The van der Waals surface area contributed by atoms with Crippen LogP contribution in [0.2, 0.25) is 0 Å². The minimum Gasteiger partial charge on any atom is -0.456 e. The van der Waals surface area contributed by atoms with E-state index in [-0.39, 0.29) is 5.41 Å². The van der Waals surface area contributed by atoms with E-state index in [1.807, 2.05) is 12.1 Å². The van der Waals surface area contributed by atoms with Crippen LogP contribution in [0, 0.1) is 0 Å². The SMILES string of the molecule is CC1(C)c2cc(-c3ccc(-c4cccc(N(c5ccc(-c6ccc7c(c6)C(c6ccccc6)(c6ccccc6)c6ccccc6-7)cc5)c5ccc6oc7ccccc7c6c5)c4)c4ccccc34)ccc2-c2ccc(N(c3cccc(-c4cccc5ccccc45)c3)c3ccc4oc5ccccc5c4c3)cc21. The van der Waals surface area contributed by atoms with Gasteiger partial charge in [0.2, 0.25) is 0 Å². The molecule has 17 aromatic carbocycles. The summed E-state index contributed by atoms with van der Waals surface area (Å²) in [5, 5.41) is 9.21. The van der Waals surface area contributed by atoms with Crippen molar-refractivity contribution in [2.75, 3.05) is 9.80 Å². The van der Waals surface area contributed by atoms with Crippen molar-refractivity contribution in [1.29, 1.82) is 0 Å². The molecule has 0 atom stereocenters. The third-order valence-corrected chi connectivity index (χ3v) is 22.9. The first-order chi connectivity index (χ1) is 52.3. The van der Waals surface area contributed by atoms with Crippen LogP contribution in [-0.2, 0) is 10.8 Å². The highest BCUT2D eigenvalue weighted by atomic mass is 16.3. The van der Waals surface area contributed by atoms with E-state index in [0.29, 0.717) is 0 Å². The monoisotopic (exact) mass is 1350 g/mol. The molecule has 2 aromatic heterocycles. The molecular weight excluding hydrogens is 1290 g/mol. The molecule has 498 valence electrons. The highest BCUT2D eigenvalue weighted by Gasteiger charge is 2.46. The van der Waals surface area contributed by atoms with Crippen molar-refractivity contribution in [3.8, 4) is 66.8 Å². The Hall–Kier alpha value is -13.5. The van der Waals surface area contributed by atoms with Crippen molar-refractivity contribution < 1.29 is 8.83 Å². The minimum atomic E-state index is -0.498. The lowest BCUT2D eigenvalue weighted by Gasteiger charge is -2.34. The molecule has 0 amide bonds. The quantitative estimate of drug-likeness (QED) is 0.122. The maximum atomic E-state index is 6.45. The van der Waals surface area contributed by atoms with Crippen LogP contribution in [0.25, 0.3) is 132 Å². The van der Waals surface area contributed by atoms with Gasteiger partial charge in [-0.3, -0.25) is 0 Å². The van der Waals surface area contributed by atoms with E-state index in [9.17, 15) is 0 Å². The van der Waals surface area contributed by atoms with E-state index >= 15 is 0 Å². The Morgan fingerprint density at radius 3 is 1.21 bits per heavy atom. The largest absolute Gasteiger partial charge is 0.456 e. The average Bonchev–Trinajstić information content (AvgIpc) is 1.54. The lowest BCUT2D eigenvalue weighted by Crippen LogP contribution is -2.28. The number of fused-ring (bicyclic) bond motifs is 14. The molecule has 106 heavy (non-hydrogen) atoms. The van der Waals surface area contributed by atoms with Crippen LogP contribution >= 0.6 is 0 Å². The molecule has 2 aliphatic rings. The predicted molar refractivity (Wildman–Crippen MR) is 442 cm³/mol. The van der Waals surface area contributed by atoms with E-state index in [4.69, 9.17) is 8.83 Å². The number of para-hydroxylation sites is 2. The van der Waals surface area contributed by atoms with Gasteiger partial charge in [0.15, 0.2) is 0 Å². The van der Waals surface area contributed by atoms with Crippen LogP contribution in [0.15, 0.2) is 385 Å². The molecule has 0 aliphatic heterocycles. The summed E-state index contributed by atoms with van der Waals surface area (Å²) in [5.74, 6) is 0. The first-order valence-corrected chi connectivity index (χ1v) is 36.7. The first kappa shape index (κ1) is 61.2. The normalized spacial score (nSPS) is 13.2. The van der Waals surface area contributed by atoms with Crippen molar-refractivity contribution in [2.45, 2.75) is 24.7 Å². The smallest absolute Gasteiger partial charge is 0.135 e. The molecule has 0 saturated heterocycles. The Bertz CT molecular complexity index is 6710. The Morgan fingerprint density at radius 1 is 0.208 bits per heavy atom. The summed E-state index contributed by atoms with van der Waals surface area (Å²) in [6, 6.07) is 139. The molecule has 19 aromatic rings. The number of nitrogens with zero attached hydrogens (tertiary/aromatic N) is 2. The third-order valence-electron chi connectivity index (χ3n) is 22.9. The molecule has 4 heteroatoms. The van der Waals surface area contributed by atoms with Crippen molar-refractivity contribution in [2.24, 2.45) is 0 Å². The summed E-state index contributed by atoms with van der Waals surface area (Å²) in [6.45, 7) is 4.80. The van der Waals surface area contributed by atoms with Crippen LogP contribution in [0.1, 0.15) is 47.2 Å². The van der Waals surface area contributed by atoms with Crippen LogP contribution in [0.4, 0.5) is 34.1 Å². The van der Waals surface area contributed by atoms with Gasteiger partial charge in [0.1, 0.15) is 22.3 Å². The van der Waals surface area contributed by atoms with Gasteiger partial charge in [-0.05, 0) is 231 Å². The van der Waals surface area contributed by atoms with Crippen molar-refractivity contribution in [1.82, 2.24) is 0 Å². The number of hydrogen-bond donors (Lipinski definition) is 0. The lowest BCUT2D eigenvalue weighted by molar-refractivity contribution is 0.660. The summed E-state index contributed by atoms with van der Waals surface area (Å²) >= 11 is 0. The molecule has 2 heterocycles. The molecule has 0 N–H and O–H groups in total. The number of hydrogen-bond acceptors (Lipinski definition) is 4. The van der Waals surface area contributed by atoms with Crippen LogP contribution < -0.4 is 9.80 Å². The third kappa shape index (κ3) is 9.54. The Kier molecular flexibility index (Phi) is 13.9. The zero-order valence-electron chi connectivity index (χ0n) is 58.5. The lowest BCUT2D eigenvalue weighted by atomic mass is 9.67. The second-order valence-electron chi connectivity index (χ2n) is 29.0. The van der Waals surface area contributed by atoms with Gasteiger partial charge in [-0.1, -0.05) is 281 Å². The van der Waals surface area contributed by atoms with Gasteiger partial charge >= 0.3 is 0 Å². The van der Waals surface area contributed by atoms with Gasteiger partial charge in [-0.25, -0.2) is 0 Å². The summed E-state index contributed by atoms with van der Waals surface area (Å²) in [5.41, 5.74) is 31.2. The molecule has 0 spiro atoms. The Labute approximate surface area is 615 Å². The topological polar surface area (TPSA) is 32.8 Å². The number of anilines is 6. The zero-order chi connectivity index (χ0) is 70.2. The molecular formula is C102H68N2O2. The molecule has 0 radical (unpaired) electrons. The molecule has 0 unspecified atom stereocenters. The predicted octanol–water partition coefficient (Wildman–Crippen LogP) is 28.1. The second kappa shape index (κ2) is 24.0. The maximum absolute atomic E-state index is 6.45. The fourth-order valence-corrected chi connectivity index (χ4v) is 18.0. The van der Waals surface area contributed by atoms with Crippen LogP contribution in [0.3, 0.4) is 0 Å². The maximum Gasteiger partial charge on any atom is 0.135 e. The zero-order valence-corrected chi connectivity index (χ0v) is 58.5. The first-order valence-electron chi connectivity index (χ1n) is 36.7. The van der Waals surface area contributed by atoms with Crippen molar-refractivity contribution in [3.63, 3.8) is 0 Å². The van der Waals surface area contributed by atoms with Gasteiger partial charge in [-0.15, -0.1) is 0 Å². The fourth-order valence-electron chi connectivity index (χ4n) is 18.0. The van der Waals surface area contributed by atoms with Gasteiger partial charge in [0, 0.05) is 61.1 Å². The van der Waals surface area contributed by atoms with E-state index in [0.717, 1.165) is 94.7 Å². The standard InChI is InChI=1S/C102H68N2O2/c1-101(2)94-61-70(45-52-86(94)87-53-48-78(64-95(87)101)104(77-50-57-100-92(63-77)90-37-15-18-41-98(90)106-100)75-31-19-24-68(58-75)80-38-21-23-66-22-9-10-32-79(66)80)82-55-54-81(83-33-11-12-34-84(82)83)69-25-20-30-74(59-69)103(76-49-56-99-91(62-76)89-36-14-17-40-97(89)105-99)73-46-42-65(43-47-73)67-44-51-88-85-35-13-16-39-93(85)102(96(88)60-67,71-26-5-3-6-27-71)72-28-7-4-8-29-72/h3-64H,1-2H3. The van der Waals surface area contributed by atoms with Gasteiger partial charge in [0.25, 0.3) is 0 Å². The molecule has 0 fully saturated rings. The van der Waals surface area contributed by atoms with Crippen LogP contribution in [0.5, 0.6) is 0 Å².